The number of hydrogen-bond acceptors (Lipinski definition) is 3. The van der Waals surface area contributed by atoms with Gasteiger partial charge in [-0.2, -0.15) is 8.42 Å². The molecule has 0 heterocycles. The van der Waals surface area contributed by atoms with Gasteiger partial charge < -0.3 is 0 Å². The molecule has 0 saturated heterocycles. The minimum Gasteiger partial charge on any atom is -0.262 e. The first-order valence-corrected chi connectivity index (χ1v) is 13.6. The molecular formula is C26H38O3S. The third-order valence-electron chi connectivity index (χ3n) is 10.0. The zero-order valence-corrected chi connectivity index (χ0v) is 19.7. The van der Waals surface area contributed by atoms with Crippen molar-refractivity contribution in [3.05, 3.63) is 29.8 Å². The predicted octanol–water partition coefficient (Wildman–Crippen LogP) is 6.50. The molecule has 4 saturated carbocycles. The smallest absolute Gasteiger partial charge is 0.262 e. The van der Waals surface area contributed by atoms with E-state index in [1.807, 2.05) is 19.1 Å². The van der Waals surface area contributed by atoms with Crippen molar-refractivity contribution in [3.63, 3.8) is 0 Å². The van der Waals surface area contributed by atoms with E-state index in [1.165, 1.54) is 44.9 Å². The van der Waals surface area contributed by atoms with Crippen LogP contribution in [0.25, 0.3) is 0 Å². The largest absolute Gasteiger partial charge is 0.297 e. The molecule has 1 aromatic carbocycles. The Bertz CT molecular complexity index is 891. The van der Waals surface area contributed by atoms with Crippen molar-refractivity contribution in [2.75, 3.05) is 0 Å². The summed E-state index contributed by atoms with van der Waals surface area (Å²) in [5, 5.41) is 0. The van der Waals surface area contributed by atoms with E-state index in [1.54, 1.807) is 12.1 Å². The third kappa shape index (κ3) is 3.20. The Labute approximate surface area is 183 Å². The summed E-state index contributed by atoms with van der Waals surface area (Å²) in [5.41, 5.74) is 1.58. The Morgan fingerprint density at radius 1 is 0.833 bits per heavy atom. The SMILES string of the molecule is Cc1ccc(S(=O)(=O)O[C@H]2CC[C@H]3[C@@H]4CC[C@H]5CCCC[C@]5(C)[C@H]4CC[C@]23C)cc1. The summed E-state index contributed by atoms with van der Waals surface area (Å²) in [6.45, 7) is 6.91. The van der Waals surface area contributed by atoms with E-state index in [9.17, 15) is 8.42 Å². The van der Waals surface area contributed by atoms with Crippen molar-refractivity contribution in [1.29, 1.82) is 0 Å². The molecule has 4 fully saturated rings. The van der Waals surface area contributed by atoms with Gasteiger partial charge in [-0.05, 0) is 105 Å². The van der Waals surface area contributed by atoms with E-state index in [2.05, 4.69) is 13.8 Å². The maximum Gasteiger partial charge on any atom is 0.297 e. The Kier molecular flexibility index (Phi) is 5.13. The number of aryl methyl sites for hydroxylation is 1. The van der Waals surface area contributed by atoms with Crippen molar-refractivity contribution < 1.29 is 12.6 Å². The lowest BCUT2D eigenvalue weighted by Gasteiger charge is -2.60. The number of rotatable bonds is 3. The molecule has 4 aliphatic carbocycles. The average molecular weight is 431 g/mol. The van der Waals surface area contributed by atoms with Gasteiger partial charge in [0.25, 0.3) is 10.1 Å². The Morgan fingerprint density at radius 3 is 2.33 bits per heavy atom. The number of benzene rings is 1. The van der Waals surface area contributed by atoms with Crippen LogP contribution >= 0.6 is 0 Å². The van der Waals surface area contributed by atoms with Gasteiger partial charge in [0.2, 0.25) is 0 Å². The van der Waals surface area contributed by atoms with Crippen LogP contribution in [0.4, 0.5) is 0 Å². The zero-order chi connectivity index (χ0) is 21.1. The van der Waals surface area contributed by atoms with Crippen molar-refractivity contribution in [1.82, 2.24) is 0 Å². The molecule has 166 valence electrons. The number of hydrogen-bond donors (Lipinski definition) is 0. The average Bonchev–Trinajstić information content (AvgIpc) is 3.03. The molecule has 0 amide bonds. The van der Waals surface area contributed by atoms with Crippen molar-refractivity contribution >= 4 is 10.1 Å². The predicted molar refractivity (Wildman–Crippen MR) is 120 cm³/mol. The molecule has 7 atom stereocenters. The van der Waals surface area contributed by atoms with Gasteiger partial charge in [0, 0.05) is 0 Å². The quantitative estimate of drug-likeness (QED) is 0.514. The first-order valence-electron chi connectivity index (χ1n) is 12.2. The molecule has 1 aromatic rings. The fourth-order valence-electron chi connectivity index (χ4n) is 8.32. The van der Waals surface area contributed by atoms with E-state index >= 15 is 0 Å². The summed E-state index contributed by atoms with van der Waals surface area (Å²) in [5.74, 6) is 3.14. The van der Waals surface area contributed by atoms with Crippen molar-refractivity contribution in [2.45, 2.75) is 96.0 Å². The second-order valence-electron chi connectivity index (χ2n) is 11.4. The maximum atomic E-state index is 13.0. The zero-order valence-electron chi connectivity index (χ0n) is 18.9. The molecule has 5 rings (SSSR count). The summed E-state index contributed by atoms with van der Waals surface area (Å²) in [4.78, 5) is 0.295. The summed E-state index contributed by atoms with van der Waals surface area (Å²) >= 11 is 0. The minimum atomic E-state index is -3.71. The minimum absolute atomic E-state index is 0.00318. The molecule has 0 unspecified atom stereocenters. The second-order valence-corrected chi connectivity index (χ2v) is 12.9. The fraction of sp³-hybridized carbons (Fsp3) is 0.769. The molecule has 0 spiro atoms. The lowest BCUT2D eigenvalue weighted by Crippen LogP contribution is -2.53. The van der Waals surface area contributed by atoms with Crippen LogP contribution in [-0.4, -0.2) is 14.5 Å². The second kappa shape index (κ2) is 7.33. The summed E-state index contributed by atoms with van der Waals surface area (Å²) < 4.78 is 32.0. The van der Waals surface area contributed by atoms with E-state index < -0.39 is 10.1 Å². The molecule has 0 radical (unpaired) electrons. The molecule has 4 aliphatic rings. The lowest BCUT2D eigenvalue weighted by atomic mass is 9.45. The first-order chi connectivity index (χ1) is 14.2. The number of fused-ring (bicyclic) bond motifs is 5. The van der Waals surface area contributed by atoms with Crippen molar-refractivity contribution in [3.8, 4) is 0 Å². The van der Waals surface area contributed by atoms with Gasteiger partial charge in [-0.1, -0.05) is 44.4 Å². The van der Waals surface area contributed by atoms with Gasteiger partial charge in [-0.15, -0.1) is 0 Å². The van der Waals surface area contributed by atoms with Crippen LogP contribution in [0.15, 0.2) is 29.2 Å². The van der Waals surface area contributed by atoms with Crippen LogP contribution in [-0.2, 0) is 14.3 Å². The summed E-state index contributed by atoms with van der Waals surface area (Å²) in [6, 6.07) is 7.07. The van der Waals surface area contributed by atoms with E-state index in [-0.39, 0.29) is 11.5 Å². The highest BCUT2D eigenvalue weighted by atomic mass is 32.2. The Balaban J connectivity index is 1.37. The highest BCUT2D eigenvalue weighted by Gasteiger charge is 2.60. The lowest BCUT2D eigenvalue weighted by molar-refractivity contribution is -0.117. The third-order valence-corrected chi connectivity index (χ3v) is 11.4. The van der Waals surface area contributed by atoms with Gasteiger partial charge in [-0.25, -0.2) is 0 Å². The van der Waals surface area contributed by atoms with Gasteiger partial charge in [-0.3, -0.25) is 4.18 Å². The highest BCUT2D eigenvalue weighted by Crippen LogP contribution is 2.66. The highest BCUT2D eigenvalue weighted by molar-refractivity contribution is 7.86. The van der Waals surface area contributed by atoms with Gasteiger partial charge in [0.15, 0.2) is 0 Å². The fourth-order valence-corrected chi connectivity index (χ4v) is 9.52. The van der Waals surface area contributed by atoms with Crippen LogP contribution in [0.5, 0.6) is 0 Å². The van der Waals surface area contributed by atoms with E-state index in [4.69, 9.17) is 4.18 Å². The van der Waals surface area contributed by atoms with Gasteiger partial charge in [0.05, 0.1) is 11.0 Å². The van der Waals surface area contributed by atoms with Crippen LogP contribution in [0, 0.1) is 41.4 Å². The molecule has 3 nitrogen and oxygen atoms in total. The van der Waals surface area contributed by atoms with Crippen molar-refractivity contribution in [2.24, 2.45) is 34.5 Å². The molecule has 4 heteroatoms. The Hall–Kier alpha value is -0.870. The maximum absolute atomic E-state index is 13.0. The van der Waals surface area contributed by atoms with E-state index in [0.29, 0.717) is 16.2 Å². The summed E-state index contributed by atoms with van der Waals surface area (Å²) in [7, 11) is -3.71. The van der Waals surface area contributed by atoms with Crippen LogP contribution in [0.2, 0.25) is 0 Å². The topological polar surface area (TPSA) is 43.4 Å². The standard InChI is InChI=1S/C26H38O3S/c1-18-7-10-20(11-8-18)30(27,28)29-24-14-13-22-21-12-9-19-6-4-5-16-25(19,2)23(21)15-17-26(22,24)3/h7-8,10-11,19,21-24H,4-6,9,12-17H2,1-3H3/t19-,21+,22+,23+,24+,25+,26+/m1/s1. The van der Waals surface area contributed by atoms with Crippen LogP contribution in [0.3, 0.4) is 0 Å². The summed E-state index contributed by atoms with van der Waals surface area (Å²) in [6.07, 6.45) is 12.6. The van der Waals surface area contributed by atoms with E-state index in [0.717, 1.165) is 42.6 Å². The van der Waals surface area contributed by atoms with Gasteiger partial charge >= 0.3 is 0 Å². The molecule has 0 aromatic heterocycles. The first kappa shape index (κ1) is 21.0. The molecular weight excluding hydrogens is 392 g/mol. The molecule has 0 N–H and O–H groups in total. The van der Waals surface area contributed by atoms with Crippen LogP contribution < -0.4 is 0 Å². The normalized spacial score (nSPS) is 43.5. The Morgan fingerprint density at radius 2 is 1.57 bits per heavy atom. The monoisotopic (exact) mass is 430 g/mol. The molecule has 30 heavy (non-hydrogen) atoms. The molecule has 0 aliphatic heterocycles. The van der Waals surface area contributed by atoms with Gasteiger partial charge in [0.1, 0.15) is 0 Å². The molecule has 0 bridgehead atoms. The van der Waals surface area contributed by atoms with Crippen LogP contribution in [0.1, 0.15) is 83.6 Å².